The minimum Gasteiger partial charge on any atom is -0.380 e. The summed E-state index contributed by atoms with van der Waals surface area (Å²) >= 11 is 5.08. The van der Waals surface area contributed by atoms with Crippen molar-refractivity contribution in [1.82, 2.24) is 10.2 Å². The van der Waals surface area contributed by atoms with E-state index in [0.717, 1.165) is 17.4 Å². The topological polar surface area (TPSA) is 41.6 Å². The second-order valence-electron chi connectivity index (χ2n) is 4.48. The summed E-state index contributed by atoms with van der Waals surface area (Å²) in [6.07, 6.45) is 0.914. The van der Waals surface area contributed by atoms with Gasteiger partial charge < -0.3 is 15.0 Å². The Hall–Kier alpha value is -0.430. The zero-order valence-corrected chi connectivity index (χ0v) is 12.9. The van der Waals surface area contributed by atoms with E-state index in [9.17, 15) is 4.79 Å². The highest BCUT2D eigenvalue weighted by Gasteiger charge is 2.31. The van der Waals surface area contributed by atoms with Crippen LogP contribution in [0.15, 0.2) is 15.9 Å². The van der Waals surface area contributed by atoms with E-state index in [0.29, 0.717) is 6.54 Å². The first-order valence-corrected chi connectivity index (χ1v) is 7.51. The van der Waals surface area contributed by atoms with Crippen molar-refractivity contribution in [2.24, 2.45) is 0 Å². The maximum absolute atomic E-state index is 12.2. The Labute approximate surface area is 119 Å². The second-order valence-corrected chi connectivity index (χ2v) is 6.39. The molecule has 0 aromatic carbocycles. The molecule has 1 fully saturated rings. The molecule has 100 valence electrons. The first-order valence-electron chi connectivity index (χ1n) is 5.84. The van der Waals surface area contributed by atoms with Crippen LogP contribution < -0.4 is 5.32 Å². The van der Waals surface area contributed by atoms with Crippen molar-refractivity contribution in [3.8, 4) is 0 Å². The molecule has 1 aromatic rings. The van der Waals surface area contributed by atoms with Gasteiger partial charge in [0.15, 0.2) is 0 Å². The molecule has 1 aliphatic rings. The standard InChI is InChI=1S/C12H17BrN2O2S/c1-15(6-10-3-8(13)7-18-10)12(16)11-4-9(17-2)5-14-11/h3,7,9,11,14H,4-6H2,1-2H3. The summed E-state index contributed by atoms with van der Waals surface area (Å²) in [6.45, 7) is 1.41. The van der Waals surface area contributed by atoms with Crippen molar-refractivity contribution >= 4 is 33.2 Å². The third-order valence-corrected chi connectivity index (χ3v) is 4.80. The van der Waals surface area contributed by atoms with Crippen LogP contribution in [0.3, 0.4) is 0 Å². The summed E-state index contributed by atoms with van der Waals surface area (Å²) in [5.74, 6) is 0.138. The Morgan fingerprint density at radius 2 is 2.50 bits per heavy atom. The van der Waals surface area contributed by atoms with E-state index in [-0.39, 0.29) is 18.1 Å². The van der Waals surface area contributed by atoms with Crippen molar-refractivity contribution in [3.05, 3.63) is 20.8 Å². The van der Waals surface area contributed by atoms with Crippen LogP contribution in [0.5, 0.6) is 0 Å². The Morgan fingerprint density at radius 3 is 3.06 bits per heavy atom. The van der Waals surface area contributed by atoms with Gasteiger partial charge in [-0.05, 0) is 28.4 Å². The van der Waals surface area contributed by atoms with Crippen LogP contribution in [0.1, 0.15) is 11.3 Å². The zero-order valence-electron chi connectivity index (χ0n) is 10.5. The van der Waals surface area contributed by atoms with Gasteiger partial charge in [-0.2, -0.15) is 0 Å². The van der Waals surface area contributed by atoms with E-state index >= 15 is 0 Å². The molecular weight excluding hydrogens is 316 g/mol. The molecule has 18 heavy (non-hydrogen) atoms. The number of nitrogens with zero attached hydrogens (tertiary/aromatic N) is 1. The number of hydrogen-bond acceptors (Lipinski definition) is 4. The molecule has 4 nitrogen and oxygen atoms in total. The quantitative estimate of drug-likeness (QED) is 0.914. The zero-order chi connectivity index (χ0) is 13.1. The largest absolute Gasteiger partial charge is 0.380 e. The number of carbonyl (C=O) groups is 1. The van der Waals surface area contributed by atoms with Crippen LogP contribution in [-0.4, -0.2) is 43.7 Å². The number of carbonyl (C=O) groups excluding carboxylic acids is 1. The molecule has 2 heterocycles. The van der Waals surface area contributed by atoms with Crippen LogP contribution in [0.25, 0.3) is 0 Å². The predicted molar refractivity (Wildman–Crippen MR) is 75.7 cm³/mol. The average molecular weight is 333 g/mol. The number of amides is 1. The average Bonchev–Trinajstić information content (AvgIpc) is 2.97. The third-order valence-electron chi connectivity index (χ3n) is 3.11. The summed E-state index contributed by atoms with van der Waals surface area (Å²) < 4.78 is 6.33. The molecule has 0 spiro atoms. The van der Waals surface area contributed by atoms with Crippen LogP contribution in [0.4, 0.5) is 0 Å². The highest BCUT2D eigenvalue weighted by molar-refractivity contribution is 9.10. The summed E-state index contributed by atoms with van der Waals surface area (Å²) in [5.41, 5.74) is 0. The van der Waals surface area contributed by atoms with Gasteiger partial charge in [0, 0.05) is 35.4 Å². The lowest BCUT2D eigenvalue weighted by molar-refractivity contribution is -0.132. The maximum Gasteiger partial charge on any atom is 0.239 e. The number of thiophene rings is 1. The SMILES string of the molecule is COC1CNC(C(=O)N(C)Cc2cc(Br)cs2)C1. The van der Waals surface area contributed by atoms with Gasteiger partial charge in [-0.3, -0.25) is 4.79 Å². The van der Waals surface area contributed by atoms with Crippen LogP contribution in [-0.2, 0) is 16.1 Å². The number of ether oxygens (including phenoxy) is 1. The van der Waals surface area contributed by atoms with Gasteiger partial charge in [-0.1, -0.05) is 0 Å². The first kappa shape index (κ1) is 14.0. The number of nitrogens with one attached hydrogen (secondary N) is 1. The molecule has 6 heteroatoms. The number of hydrogen-bond donors (Lipinski definition) is 1. The van der Waals surface area contributed by atoms with Crippen LogP contribution in [0.2, 0.25) is 0 Å². The molecule has 0 aliphatic carbocycles. The number of likely N-dealkylation sites (N-methyl/N-ethyl adjacent to an activating group) is 1. The minimum atomic E-state index is -0.108. The molecule has 1 N–H and O–H groups in total. The lowest BCUT2D eigenvalue weighted by Gasteiger charge is -2.20. The number of rotatable bonds is 4. The smallest absolute Gasteiger partial charge is 0.239 e. The van der Waals surface area contributed by atoms with Crippen LogP contribution >= 0.6 is 27.3 Å². The first-order chi connectivity index (χ1) is 8.60. The fraction of sp³-hybridized carbons (Fsp3) is 0.583. The molecule has 2 unspecified atom stereocenters. The van der Waals surface area contributed by atoms with Gasteiger partial charge in [0.25, 0.3) is 0 Å². The monoisotopic (exact) mass is 332 g/mol. The van der Waals surface area contributed by atoms with E-state index in [4.69, 9.17) is 4.74 Å². The number of halogens is 1. The molecule has 1 aliphatic heterocycles. The molecule has 0 saturated carbocycles. The predicted octanol–water partition coefficient (Wildman–Crippen LogP) is 1.85. The lowest BCUT2D eigenvalue weighted by atomic mass is 10.2. The summed E-state index contributed by atoms with van der Waals surface area (Å²) in [5, 5.41) is 5.24. The molecule has 0 radical (unpaired) electrons. The van der Waals surface area contributed by atoms with Gasteiger partial charge in [0.1, 0.15) is 0 Å². The van der Waals surface area contributed by atoms with Crippen LogP contribution in [0, 0.1) is 0 Å². The third kappa shape index (κ3) is 3.32. The maximum atomic E-state index is 12.2. The number of methoxy groups -OCH3 is 1. The fourth-order valence-electron chi connectivity index (χ4n) is 2.09. The van der Waals surface area contributed by atoms with Crippen molar-refractivity contribution in [2.75, 3.05) is 20.7 Å². The highest BCUT2D eigenvalue weighted by atomic mass is 79.9. The highest BCUT2D eigenvalue weighted by Crippen LogP contribution is 2.21. The Kier molecular flexibility index (Phi) is 4.77. The Morgan fingerprint density at radius 1 is 1.72 bits per heavy atom. The Bertz CT molecular complexity index is 424. The van der Waals surface area contributed by atoms with E-state index in [1.54, 1.807) is 23.3 Å². The van der Waals surface area contributed by atoms with Crippen molar-refractivity contribution in [2.45, 2.75) is 25.1 Å². The molecule has 2 atom stereocenters. The van der Waals surface area contributed by atoms with E-state index in [1.807, 2.05) is 12.4 Å². The van der Waals surface area contributed by atoms with Gasteiger partial charge >= 0.3 is 0 Å². The van der Waals surface area contributed by atoms with Crippen molar-refractivity contribution < 1.29 is 9.53 Å². The molecule has 1 amide bonds. The molecule has 2 rings (SSSR count). The Balaban J connectivity index is 1.89. The van der Waals surface area contributed by atoms with Gasteiger partial charge in [0.2, 0.25) is 5.91 Å². The fourth-order valence-corrected chi connectivity index (χ4v) is 3.59. The summed E-state index contributed by atoms with van der Waals surface area (Å²) in [4.78, 5) is 15.2. The normalized spacial score (nSPS) is 23.3. The molecular formula is C12H17BrN2O2S. The van der Waals surface area contributed by atoms with Crippen molar-refractivity contribution in [1.29, 1.82) is 0 Å². The minimum absolute atomic E-state index is 0.108. The van der Waals surface area contributed by atoms with Gasteiger partial charge in [-0.25, -0.2) is 0 Å². The van der Waals surface area contributed by atoms with Crippen molar-refractivity contribution in [3.63, 3.8) is 0 Å². The summed E-state index contributed by atoms with van der Waals surface area (Å²) in [6, 6.07) is 1.94. The second kappa shape index (κ2) is 6.14. The van der Waals surface area contributed by atoms with Gasteiger partial charge in [-0.15, -0.1) is 11.3 Å². The lowest BCUT2D eigenvalue weighted by Crippen LogP contribution is -2.41. The molecule has 1 aromatic heterocycles. The van der Waals surface area contributed by atoms with Gasteiger partial charge in [0.05, 0.1) is 18.7 Å². The summed E-state index contributed by atoms with van der Waals surface area (Å²) in [7, 11) is 3.53. The van der Waals surface area contributed by atoms with E-state index < -0.39 is 0 Å². The van der Waals surface area contributed by atoms with E-state index in [2.05, 4.69) is 27.3 Å². The van der Waals surface area contributed by atoms with E-state index in [1.165, 1.54) is 4.88 Å². The molecule has 0 bridgehead atoms. The molecule has 1 saturated heterocycles.